The standard InChI is InChI=1S/C20H19N7O2/c1-26-11-21-18(24-26)13-8-9-14(16(10-13)29-2)15-4-3-5-17-22-20(25-27(15)17)23-19(28)12-6-7-12/h3-5,8-12H,6-7H2,1-2H3,(H,23,25,28). The molecule has 29 heavy (non-hydrogen) atoms. The minimum atomic E-state index is -0.0211. The summed E-state index contributed by atoms with van der Waals surface area (Å²) in [5.74, 6) is 1.67. The second kappa shape index (κ2) is 6.69. The normalized spacial score (nSPS) is 13.6. The van der Waals surface area contributed by atoms with Crippen molar-refractivity contribution in [2.45, 2.75) is 12.8 Å². The number of benzene rings is 1. The fourth-order valence-corrected chi connectivity index (χ4v) is 3.23. The third-order valence-electron chi connectivity index (χ3n) is 4.88. The van der Waals surface area contributed by atoms with Gasteiger partial charge < -0.3 is 4.74 Å². The van der Waals surface area contributed by atoms with E-state index in [4.69, 9.17) is 4.74 Å². The summed E-state index contributed by atoms with van der Waals surface area (Å²) in [5, 5.41) is 11.6. The average molecular weight is 389 g/mol. The van der Waals surface area contributed by atoms with Gasteiger partial charge in [-0.15, -0.1) is 5.10 Å². The van der Waals surface area contributed by atoms with Crippen LogP contribution in [0.3, 0.4) is 0 Å². The number of pyridine rings is 1. The van der Waals surface area contributed by atoms with Crippen LogP contribution in [0.1, 0.15) is 12.8 Å². The van der Waals surface area contributed by atoms with Gasteiger partial charge in [0.1, 0.15) is 12.1 Å². The minimum absolute atomic E-state index is 0.0211. The summed E-state index contributed by atoms with van der Waals surface area (Å²) in [6.45, 7) is 0. The first-order chi connectivity index (χ1) is 14.1. The summed E-state index contributed by atoms with van der Waals surface area (Å²) in [5.41, 5.74) is 3.16. The van der Waals surface area contributed by atoms with Crippen molar-refractivity contribution in [3.63, 3.8) is 0 Å². The fraction of sp³-hybridized carbons (Fsp3) is 0.250. The second-order valence-electron chi connectivity index (χ2n) is 7.04. The van der Waals surface area contributed by atoms with Gasteiger partial charge >= 0.3 is 0 Å². The number of hydrogen-bond donors (Lipinski definition) is 1. The summed E-state index contributed by atoms with van der Waals surface area (Å²) in [6.07, 6.45) is 3.52. The van der Waals surface area contributed by atoms with E-state index in [-0.39, 0.29) is 11.8 Å². The molecule has 146 valence electrons. The number of nitrogens with zero attached hydrogens (tertiary/aromatic N) is 6. The van der Waals surface area contributed by atoms with Gasteiger partial charge in [0.25, 0.3) is 0 Å². The first-order valence-corrected chi connectivity index (χ1v) is 9.33. The van der Waals surface area contributed by atoms with Crippen molar-refractivity contribution >= 4 is 17.5 Å². The third-order valence-corrected chi connectivity index (χ3v) is 4.88. The van der Waals surface area contributed by atoms with E-state index in [1.165, 1.54) is 0 Å². The Morgan fingerprint density at radius 1 is 1.21 bits per heavy atom. The van der Waals surface area contributed by atoms with Crippen molar-refractivity contribution in [1.29, 1.82) is 0 Å². The van der Waals surface area contributed by atoms with Gasteiger partial charge in [-0.3, -0.25) is 14.8 Å². The van der Waals surface area contributed by atoms with E-state index in [1.807, 2.05) is 43.4 Å². The van der Waals surface area contributed by atoms with Crippen LogP contribution in [0.15, 0.2) is 42.7 Å². The number of carbonyl (C=O) groups is 1. The number of carbonyl (C=O) groups excluding carboxylic acids is 1. The fourth-order valence-electron chi connectivity index (χ4n) is 3.23. The van der Waals surface area contributed by atoms with Gasteiger partial charge in [0, 0.05) is 24.1 Å². The molecule has 3 heterocycles. The molecule has 1 aromatic carbocycles. The summed E-state index contributed by atoms with van der Waals surface area (Å²) >= 11 is 0. The zero-order valence-electron chi connectivity index (χ0n) is 16.0. The number of anilines is 1. The average Bonchev–Trinajstić information content (AvgIpc) is 3.37. The summed E-state index contributed by atoms with van der Waals surface area (Å²) < 4.78 is 9.00. The Kier molecular flexibility index (Phi) is 4.01. The van der Waals surface area contributed by atoms with Crippen LogP contribution in [0.2, 0.25) is 0 Å². The van der Waals surface area contributed by atoms with E-state index in [0.29, 0.717) is 23.2 Å². The lowest BCUT2D eigenvalue weighted by atomic mass is 10.1. The molecule has 0 unspecified atom stereocenters. The van der Waals surface area contributed by atoms with Crippen molar-refractivity contribution in [3.05, 3.63) is 42.7 Å². The van der Waals surface area contributed by atoms with E-state index in [9.17, 15) is 4.79 Å². The molecule has 1 aliphatic rings. The molecule has 0 aliphatic heterocycles. The van der Waals surface area contributed by atoms with Crippen LogP contribution < -0.4 is 10.1 Å². The molecular formula is C20H19N7O2. The van der Waals surface area contributed by atoms with Crippen molar-refractivity contribution in [2.75, 3.05) is 12.4 Å². The molecule has 1 N–H and O–H groups in total. The Balaban J connectivity index is 1.55. The summed E-state index contributed by atoms with van der Waals surface area (Å²) in [7, 11) is 3.45. The van der Waals surface area contributed by atoms with Crippen LogP contribution in [-0.4, -0.2) is 42.4 Å². The molecule has 9 heteroatoms. The quantitative estimate of drug-likeness (QED) is 0.563. The number of rotatable bonds is 5. The van der Waals surface area contributed by atoms with E-state index in [1.54, 1.807) is 22.6 Å². The second-order valence-corrected chi connectivity index (χ2v) is 7.04. The smallest absolute Gasteiger partial charge is 0.249 e. The number of amides is 1. The maximum absolute atomic E-state index is 12.0. The van der Waals surface area contributed by atoms with Crippen LogP contribution in [0, 0.1) is 5.92 Å². The highest BCUT2D eigenvalue weighted by Crippen LogP contribution is 2.34. The number of nitrogens with one attached hydrogen (secondary N) is 1. The van der Waals surface area contributed by atoms with E-state index in [2.05, 4.69) is 25.5 Å². The Labute approximate surface area is 166 Å². The molecule has 0 spiro atoms. The first-order valence-electron chi connectivity index (χ1n) is 9.33. The number of aromatic nitrogens is 6. The molecule has 4 aromatic rings. The number of methoxy groups -OCH3 is 1. The van der Waals surface area contributed by atoms with Crippen molar-refractivity contribution < 1.29 is 9.53 Å². The minimum Gasteiger partial charge on any atom is -0.496 e. The maximum atomic E-state index is 12.0. The molecule has 1 aliphatic carbocycles. The van der Waals surface area contributed by atoms with Gasteiger partial charge in [-0.1, -0.05) is 12.1 Å². The van der Waals surface area contributed by atoms with E-state index in [0.717, 1.165) is 29.7 Å². The summed E-state index contributed by atoms with van der Waals surface area (Å²) in [4.78, 5) is 20.8. The van der Waals surface area contributed by atoms with Gasteiger partial charge in [-0.2, -0.15) is 10.1 Å². The van der Waals surface area contributed by atoms with Gasteiger partial charge in [0.15, 0.2) is 11.5 Å². The number of aryl methyl sites for hydroxylation is 1. The highest BCUT2D eigenvalue weighted by Gasteiger charge is 2.30. The molecular weight excluding hydrogens is 370 g/mol. The molecule has 0 bridgehead atoms. The predicted molar refractivity (Wildman–Crippen MR) is 106 cm³/mol. The maximum Gasteiger partial charge on any atom is 0.249 e. The molecule has 1 amide bonds. The van der Waals surface area contributed by atoms with Gasteiger partial charge in [0.05, 0.1) is 12.8 Å². The molecule has 9 nitrogen and oxygen atoms in total. The summed E-state index contributed by atoms with van der Waals surface area (Å²) in [6, 6.07) is 11.5. The highest BCUT2D eigenvalue weighted by molar-refractivity contribution is 5.92. The lowest BCUT2D eigenvalue weighted by molar-refractivity contribution is -0.117. The van der Waals surface area contributed by atoms with Crippen LogP contribution in [-0.2, 0) is 11.8 Å². The number of hydrogen-bond acceptors (Lipinski definition) is 6. The van der Waals surface area contributed by atoms with Gasteiger partial charge in [-0.25, -0.2) is 9.50 Å². The zero-order valence-corrected chi connectivity index (χ0v) is 16.0. The van der Waals surface area contributed by atoms with Crippen LogP contribution in [0.4, 0.5) is 5.95 Å². The third kappa shape index (κ3) is 3.20. The van der Waals surface area contributed by atoms with Crippen molar-refractivity contribution in [1.82, 2.24) is 29.4 Å². The topological polar surface area (TPSA) is 99.2 Å². The molecule has 0 saturated heterocycles. The Hall–Kier alpha value is -3.75. The van der Waals surface area contributed by atoms with Crippen LogP contribution >= 0.6 is 0 Å². The zero-order chi connectivity index (χ0) is 20.0. The highest BCUT2D eigenvalue weighted by atomic mass is 16.5. The molecule has 1 fully saturated rings. The van der Waals surface area contributed by atoms with Crippen LogP contribution in [0.5, 0.6) is 5.75 Å². The van der Waals surface area contributed by atoms with Gasteiger partial charge in [-0.05, 0) is 37.1 Å². The monoisotopic (exact) mass is 389 g/mol. The molecule has 0 atom stereocenters. The Morgan fingerprint density at radius 3 is 2.79 bits per heavy atom. The van der Waals surface area contributed by atoms with E-state index < -0.39 is 0 Å². The van der Waals surface area contributed by atoms with Crippen LogP contribution in [0.25, 0.3) is 28.3 Å². The van der Waals surface area contributed by atoms with E-state index >= 15 is 0 Å². The largest absolute Gasteiger partial charge is 0.496 e. The molecule has 5 rings (SSSR count). The lowest BCUT2D eigenvalue weighted by Gasteiger charge is -2.11. The van der Waals surface area contributed by atoms with Crippen molar-refractivity contribution in [2.24, 2.45) is 13.0 Å². The van der Waals surface area contributed by atoms with Crippen molar-refractivity contribution in [3.8, 4) is 28.4 Å². The number of fused-ring (bicyclic) bond motifs is 1. The Bertz CT molecular complexity index is 1220. The Morgan fingerprint density at radius 2 is 2.07 bits per heavy atom. The number of ether oxygens (including phenoxy) is 1. The first kappa shape index (κ1) is 17.4. The predicted octanol–water partition coefficient (Wildman–Crippen LogP) is 2.55. The van der Waals surface area contributed by atoms with Gasteiger partial charge in [0.2, 0.25) is 11.9 Å². The molecule has 3 aromatic heterocycles. The molecule has 0 radical (unpaired) electrons. The SMILES string of the molecule is COc1cc(-c2ncn(C)n2)ccc1-c1cccc2nc(NC(=O)C3CC3)nn12. The molecule has 1 saturated carbocycles. The lowest BCUT2D eigenvalue weighted by Crippen LogP contribution is -2.14.